The second-order valence-corrected chi connectivity index (χ2v) is 24.6. The standard InChI is InChI=1S/C55H73F4N11O7S2/c1-33(2)43(66(10)47(73)52(56)22-26-68(27-23-52)41(71)19-21-51(6,7)65(8)9)46(72)62-54(79-13)30-40-61-45(67(11)63-40)35-17-18-39-37(28-35)38(29-50(4,5)32-77-49(75)53(78)20-15-25-70(64-53)48(54)74)44(69(39)31-55(57,58)59)36-16-14-24-60-42(36)34(3)76-12/h14,16-18,24,28,33-34,43,64,78H,15,20,22-23,25-27,29-32H2,1-13H3,(H,62,72)/t34-,43?,53-,54+/m0/s1. The van der Waals surface area contributed by atoms with Crippen LogP contribution in [0.3, 0.4) is 0 Å². The molecule has 0 radical (unpaired) electrons. The van der Waals surface area contributed by atoms with Gasteiger partial charge in [-0.05, 0) is 108 Å². The van der Waals surface area contributed by atoms with Crippen LogP contribution in [0.25, 0.3) is 33.5 Å². The average Bonchev–Trinajstić information content (AvgIpc) is 3.96. The van der Waals surface area contributed by atoms with Gasteiger partial charge in [0, 0.05) is 87.3 Å². The highest BCUT2D eigenvalue weighted by molar-refractivity contribution is 8.00. The highest BCUT2D eigenvalue weighted by Gasteiger charge is 2.52. The SMILES string of the molecule is CO[C@@H](C)c1ncccc1-c1c2c3cc(ccc3n1CC(F)(F)F)-c1nc(nn1C)C[C@@](NC(=O)C(C(C)C)N(C)C(=O)C1(F)CCN(C(=O)C#CC(C)(C)N(C)C)CC1)(SC)C(=O)N1CCC[C@@](S)(N1)C(=O)OCC(C)(C)C2. The van der Waals surface area contributed by atoms with Crippen molar-refractivity contribution >= 4 is 64.9 Å². The summed E-state index contributed by atoms with van der Waals surface area (Å²) in [5, 5.41) is 9.34. The van der Waals surface area contributed by atoms with E-state index in [-0.39, 0.29) is 87.6 Å². The van der Waals surface area contributed by atoms with Gasteiger partial charge in [-0.15, -0.1) is 24.4 Å². The molecule has 0 spiro atoms. The predicted octanol–water partition coefficient (Wildman–Crippen LogP) is 6.52. The minimum absolute atomic E-state index is 0.0619. The van der Waals surface area contributed by atoms with Crippen molar-refractivity contribution in [1.82, 2.24) is 54.8 Å². The van der Waals surface area contributed by atoms with Crippen LogP contribution >= 0.6 is 24.4 Å². The minimum Gasteiger partial charge on any atom is -0.463 e. The van der Waals surface area contributed by atoms with Crippen molar-refractivity contribution < 1.29 is 51.0 Å². The number of nitrogens with one attached hydrogen (secondary N) is 2. The van der Waals surface area contributed by atoms with E-state index in [9.17, 15) is 27.6 Å². The van der Waals surface area contributed by atoms with Gasteiger partial charge in [-0.3, -0.25) is 34.1 Å². The van der Waals surface area contributed by atoms with E-state index >= 15 is 14.0 Å². The number of carbonyl (C=O) groups excluding carboxylic acids is 5. The number of likely N-dealkylation sites (N-methyl/N-ethyl adjacent to an activating group) is 1. The van der Waals surface area contributed by atoms with Crippen LogP contribution in [0.1, 0.15) is 97.3 Å². The molecule has 24 heteroatoms. The summed E-state index contributed by atoms with van der Waals surface area (Å²) in [4.78, 5) is 82.2. The number of hydrogen-bond donors (Lipinski definition) is 3. The molecule has 4 aromatic rings. The van der Waals surface area contributed by atoms with Gasteiger partial charge in [-0.1, -0.05) is 33.6 Å². The molecule has 0 saturated carbocycles. The van der Waals surface area contributed by atoms with E-state index in [2.05, 4.69) is 27.6 Å². The Morgan fingerprint density at radius 1 is 1.04 bits per heavy atom. The zero-order chi connectivity index (χ0) is 58.4. The molecule has 6 heterocycles. The summed E-state index contributed by atoms with van der Waals surface area (Å²) in [5.74, 6) is 1.54. The van der Waals surface area contributed by atoms with Crippen molar-refractivity contribution in [3.8, 4) is 34.5 Å². The smallest absolute Gasteiger partial charge is 0.406 e. The van der Waals surface area contributed by atoms with Crippen molar-refractivity contribution in [2.24, 2.45) is 18.4 Å². The normalized spacial score (nSPS) is 21.7. The van der Waals surface area contributed by atoms with Gasteiger partial charge in [0.05, 0.1) is 36.1 Å². The van der Waals surface area contributed by atoms with Crippen molar-refractivity contribution in [1.29, 1.82) is 0 Å². The molecular weight excluding hydrogens is 1070 g/mol. The van der Waals surface area contributed by atoms with E-state index in [0.29, 0.717) is 27.8 Å². The van der Waals surface area contributed by atoms with Gasteiger partial charge in [-0.2, -0.15) is 18.3 Å². The highest BCUT2D eigenvalue weighted by atomic mass is 32.2. The second-order valence-electron chi connectivity index (χ2n) is 22.8. The van der Waals surface area contributed by atoms with Crippen LogP contribution in [0.4, 0.5) is 17.6 Å². The molecule has 2 saturated heterocycles. The number of cyclic esters (lactones) is 1. The van der Waals surface area contributed by atoms with Crippen LogP contribution < -0.4 is 10.7 Å². The molecule has 4 atom stereocenters. The van der Waals surface area contributed by atoms with Crippen molar-refractivity contribution in [2.75, 3.05) is 60.7 Å². The van der Waals surface area contributed by atoms with Crippen molar-refractivity contribution in [3.63, 3.8) is 0 Å². The number of hydrogen-bond acceptors (Lipinski definition) is 14. The third-order valence-electron chi connectivity index (χ3n) is 15.4. The maximum Gasteiger partial charge on any atom is 0.406 e. The number of thioether (sulfide) groups is 1. The zero-order valence-electron chi connectivity index (χ0n) is 47.2. The second kappa shape index (κ2) is 23.0. The number of amides is 4. The quantitative estimate of drug-likeness (QED) is 0.0485. The number of piperidine rings is 1. The van der Waals surface area contributed by atoms with Gasteiger partial charge in [0.1, 0.15) is 12.6 Å². The first kappa shape index (κ1) is 60.9. The fourth-order valence-electron chi connectivity index (χ4n) is 10.4. The monoisotopic (exact) mass is 1140 g/mol. The molecule has 7 rings (SSSR count). The fraction of sp³-hybridized carbons (Fsp3) is 0.600. The van der Waals surface area contributed by atoms with Crippen LogP contribution in [-0.2, 0) is 59.9 Å². The molecule has 18 nitrogen and oxygen atoms in total. The molecule has 0 aliphatic carbocycles. The summed E-state index contributed by atoms with van der Waals surface area (Å²) in [5.41, 5.74) is 1.36. The third kappa shape index (κ3) is 12.8. The van der Waals surface area contributed by atoms with Gasteiger partial charge < -0.3 is 29.2 Å². The Labute approximate surface area is 468 Å². The maximum absolute atomic E-state index is 16.9. The zero-order valence-corrected chi connectivity index (χ0v) is 48.9. The number of rotatable bonds is 11. The molecule has 3 aliphatic rings. The fourth-order valence-corrected chi connectivity index (χ4v) is 11.5. The number of esters is 1. The highest BCUT2D eigenvalue weighted by Crippen LogP contribution is 2.44. The Bertz CT molecular complexity index is 3050. The summed E-state index contributed by atoms with van der Waals surface area (Å²) in [6.07, 6.45) is -2.67. The van der Waals surface area contributed by atoms with Crippen molar-refractivity contribution in [2.45, 2.75) is 133 Å². The van der Waals surface area contributed by atoms with E-state index in [0.717, 1.165) is 16.7 Å². The van der Waals surface area contributed by atoms with Crippen LogP contribution in [0.5, 0.6) is 0 Å². The number of pyridine rings is 1. The number of carbonyl (C=O) groups is 5. The number of alkyl halides is 4. The number of hydrazine groups is 1. The first-order valence-corrected chi connectivity index (χ1v) is 27.9. The number of halogens is 4. The molecule has 4 amide bonds. The number of benzene rings is 1. The topological polar surface area (TPSA) is 189 Å². The summed E-state index contributed by atoms with van der Waals surface area (Å²) in [6.45, 7) is 10.8. The van der Waals surface area contributed by atoms with Gasteiger partial charge in [0.15, 0.2) is 27.1 Å². The summed E-state index contributed by atoms with van der Waals surface area (Å²) in [7, 11) is 8.13. The van der Waals surface area contributed by atoms with Gasteiger partial charge in [-0.25, -0.2) is 24.3 Å². The van der Waals surface area contributed by atoms with Crippen LogP contribution in [0.2, 0.25) is 0 Å². The number of nitrogens with zero attached hydrogens (tertiary/aromatic N) is 9. The summed E-state index contributed by atoms with van der Waals surface area (Å²) < 4.78 is 75.8. The molecule has 3 aliphatic heterocycles. The molecule has 1 unspecified atom stereocenters. The minimum atomic E-state index is -4.66. The van der Waals surface area contributed by atoms with Crippen LogP contribution in [0.15, 0.2) is 36.5 Å². The Morgan fingerprint density at radius 2 is 1.72 bits per heavy atom. The number of likely N-dealkylation sites (tertiary alicyclic amines) is 1. The lowest BCUT2D eigenvalue weighted by atomic mass is 9.84. The molecule has 430 valence electrons. The van der Waals surface area contributed by atoms with Gasteiger partial charge >= 0.3 is 12.1 Å². The average molecular weight is 1140 g/mol. The number of aryl methyl sites for hydroxylation is 1. The molecular formula is C55H73F4N11O7S2. The van der Waals surface area contributed by atoms with E-state index in [1.807, 2.05) is 46.7 Å². The number of aromatic nitrogens is 5. The largest absolute Gasteiger partial charge is 0.463 e. The first-order valence-electron chi connectivity index (χ1n) is 26.2. The summed E-state index contributed by atoms with van der Waals surface area (Å²) in [6, 6.07) is 7.02. The van der Waals surface area contributed by atoms with E-state index in [4.69, 9.17) is 32.2 Å². The lowest BCUT2D eigenvalue weighted by Crippen LogP contribution is -2.69. The van der Waals surface area contributed by atoms with Gasteiger partial charge in [0.2, 0.25) is 5.91 Å². The van der Waals surface area contributed by atoms with Crippen LogP contribution in [0, 0.1) is 23.2 Å². The number of methoxy groups -OCH3 is 1. The lowest BCUT2D eigenvalue weighted by Gasteiger charge is -2.44. The van der Waals surface area contributed by atoms with Crippen molar-refractivity contribution in [3.05, 3.63) is 53.6 Å². The number of ether oxygens (including phenoxy) is 2. The molecule has 79 heavy (non-hydrogen) atoms. The number of thiol groups is 1. The Hall–Kier alpha value is -5.74. The maximum atomic E-state index is 16.9. The third-order valence-corrected chi connectivity index (χ3v) is 17.0. The van der Waals surface area contributed by atoms with E-state index < -0.39 is 86.7 Å². The first-order chi connectivity index (χ1) is 36.8. The molecule has 2 fully saturated rings. The number of fused-ring (bicyclic) bond motifs is 6. The summed E-state index contributed by atoms with van der Waals surface area (Å²) >= 11 is 5.75. The Morgan fingerprint density at radius 3 is 2.34 bits per heavy atom. The molecule has 1 aromatic carbocycles. The Kier molecular flexibility index (Phi) is 17.7. The molecule has 2 N–H and O–H groups in total. The lowest BCUT2D eigenvalue weighted by molar-refractivity contribution is -0.158. The van der Waals surface area contributed by atoms with Crippen LogP contribution in [-0.4, -0.2) is 168 Å². The van der Waals surface area contributed by atoms with E-state index in [1.54, 1.807) is 70.6 Å². The predicted molar refractivity (Wildman–Crippen MR) is 296 cm³/mol. The molecule has 6 bridgehead atoms. The Balaban J connectivity index is 1.31. The van der Waals surface area contributed by atoms with E-state index in [1.165, 1.54) is 33.3 Å². The molecule has 3 aromatic heterocycles. The van der Waals surface area contributed by atoms with Gasteiger partial charge in [0.25, 0.3) is 17.7 Å².